The van der Waals surface area contributed by atoms with Gasteiger partial charge in [0.25, 0.3) is 5.91 Å². The SMILES string of the molecule is CC1NCCn2c(C(=O)NCCc3ccn(-c4ccccc4)n3)ccc21. The lowest BCUT2D eigenvalue weighted by Gasteiger charge is -2.24. The van der Waals surface area contributed by atoms with E-state index >= 15 is 0 Å². The van der Waals surface area contributed by atoms with E-state index < -0.39 is 0 Å². The normalized spacial score (nSPS) is 16.3. The van der Waals surface area contributed by atoms with Crippen molar-refractivity contribution in [3.63, 3.8) is 0 Å². The first-order valence-electron chi connectivity index (χ1n) is 9.03. The van der Waals surface area contributed by atoms with Crippen LogP contribution in [0.2, 0.25) is 0 Å². The van der Waals surface area contributed by atoms with Gasteiger partial charge < -0.3 is 15.2 Å². The van der Waals surface area contributed by atoms with Gasteiger partial charge in [-0.3, -0.25) is 4.79 Å². The van der Waals surface area contributed by atoms with E-state index in [4.69, 9.17) is 0 Å². The third-order valence-corrected chi connectivity index (χ3v) is 4.81. The fraction of sp³-hybridized carbons (Fsp3) is 0.300. The number of hydrogen-bond acceptors (Lipinski definition) is 3. The van der Waals surface area contributed by atoms with Gasteiger partial charge in [0.2, 0.25) is 0 Å². The van der Waals surface area contributed by atoms with Gasteiger partial charge in [-0.1, -0.05) is 18.2 Å². The summed E-state index contributed by atoms with van der Waals surface area (Å²) >= 11 is 0. The van der Waals surface area contributed by atoms with Gasteiger partial charge in [-0.05, 0) is 37.3 Å². The van der Waals surface area contributed by atoms with E-state index in [9.17, 15) is 4.79 Å². The lowest BCUT2D eigenvalue weighted by atomic mass is 10.2. The third-order valence-electron chi connectivity index (χ3n) is 4.81. The van der Waals surface area contributed by atoms with Crippen LogP contribution in [-0.2, 0) is 13.0 Å². The molecule has 1 aliphatic rings. The smallest absolute Gasteiger partial charge is 0.267 e. The zero-order chi connectivity index (χ0) is 17.9. The summed E-state index contributed by atoms with van der Waals surface area (Å²) in [7, 11) is 0. The lowest BCUT2D eigenvalue weighted by Crippen LogP contribution is -2.35. The Morgan fingerprint density at radius 2 is 2.08 bits per heavy atom. The Bertz CT molecular complexity index is 896. The molecule has 0 bridgehead atoms. The van der Waals surface area contributed by atoms with E-state index in [1.807, 2.05) is 59.4 Å². The van der Waals surface area contributed by atoms with Crippen molar-refractivity contribution >= 4 is 5.91 Å². The van der Waals surface area contributed by atoms with Crippen LogP contribution in [0.3, 0.4) is 0 Å². The van der Waals surface area contributed by atoms with Crippen LogP contribution < -0.4 is 10.6 Å². The predicted octanol–water partition coefficient (Wildman–Crippen LogP) is 2.31. The van der Waals surface area contributed by atoms with Crippen LogP contribution in [0.1, 0.15) is 34.8 Å². The number of carbonyl (C=O) groups is 1. The van der Waals surface area contributed by atoms with Gasteiger partial charge in [0.05, 0.1) is 11.4 Å². The second kappa shape index (κ2) is 7.17. The maximum Gasteiger partial charge on any atom is 0.267 e. The second-order valence-electron chi connectivity index (χ2n) is 6.56. The monoisotopic (exact) mass is 349 g/mol. The molecule has 1 aromatic carbocycles. The Kier molecular flexibility index (Phi) is 4.58. The molecular weight excluding hydrogens is 326 g/mol. The molecule has 1 unspecified atom stereocenters. The number of para-hydroxylation sites is 1. The summed E-state index contributed by atoms with van der Waals surface area (Å²) in [6.07, 6.45) is 2.65. The van der Waals surface area contributed by atoms with E-state index in [1.54, 1.807) is 0 Å². The van der Waals surface area contributed by atoms with Gasteiger partial charge in [0.15, 0.2) is 0 Å². The minimum atomic E-state index is -0.0205. The van der Waals surface area contributed by atoms with E-state index in [-0.39, 0.29) is 11.9 Å². The van der Waals surface area contributed by atoms with Crippen molar-refractivity contribution in [2.75, 3.05) is 13.1 Å². The summed E-state index contributed by atoms with van der Waals surface area (Å²) in [5, 5.41) is 11.0. The highest BCUT2D eigenvalue weighted by molar-refractivity contribution is 5.93. The Morgan fingerprint density at radius 3 is 2.92 bits per heavy atom. The van der Waals surface area contributed by atoms with Crippen molar-refractivity contribution < 1.29 is 4.79 Å². The van der Waals surface area contributed by atoms with Gasteiger partial charge in [-0.2, -0.15) is 5.10 Å². The van der Waals surface area contributed by atoms with Crippen LogP contribution in [0.4, 0.5) is 0 Å². The molecule has 4 rings (SSSR count). The van der Waals surface area contributed by atoms with Crippen molar-refractivity contribution in [1.29, 1.82) is 0 Å². The Labute approximate surface area is 152 Å². The molecule has 134 valence electrons. The first-order chi connectivity index (χ1) is 12.7. The molecule has 0 radical (unpaired) electrons. The summed E-state index contributed by atoms with van der Waals surface area (Å²) in [6, 6.07) is 16.2. The largest absolute Gasteiger partial charge is 0.350 e. The highest BCUT2D eigenvalue weighted by Gasteiger charge is 2.21. The van der Waals surface area contributed by atoms with E-state index in [0.29, 0.717) is 13.0 Å². The van der Waals surface area contributed by atoms with Gasteiger partial charge in [-0.15, -0.1) is 0 Å². The van der Waals surface area contributed by atoms with Crippen LogP contribution in [0, 0.1) is 0 Å². The first kappa shape index (κ1) is 16.6. The topological polar surface area (TPSA) is 63.9 Å². The number of benzene rings is 1. The minimum absolute atomic E-state index is 0.0205. The molecule has 0 fully saturated rings. The van der Waals surface area contributed by atoms with Crippen LogP contribution in [0.15, 0.2) is 54.7 Å². The summed E-state index contributed by atoms with van der Waals surface area (Å²) < 4.78 is 3.97. The molecule has 6 heteroatoms. The summed E-state index contributed by atoms with van der Waals surface area (Å²) in [6.45, 7) is 4.41. The fourth-order valence-corrected chi connectivity index (χ4v) is 3.42. The molecule has 2 aromatic heterocycles. The van der Waals surface area contributed by atoms with Crippen LogP contribution in [0.5, 0.6) is 0 Å². The Morgan fingerprint density at radius 1 is 1.23 bits per heavy atom. The molecule has 0 saturated carbocycles. The first-order valence-corrected chi connectivity index (χ1v) is 9.03. The number of nitrogens with one attached hydrogen (secondary N) is 2. The Balaban J connectivity index is 1.35. The molecule has 1 amide bonds. The maximum absolute atomic E-state index is 12.5. The van der Waals surface area contributed by atoms with Gasteiger partial charge in [-0.25, -0.2) is 4.68 Å². The second-order valence-corrected chi connectivity index (χ2v) is 6.56. The number of hydrogen-bond donors (Lipinski definition) is 2. The standard InChI is InChI=1S/C20H23N5O/c1-15-18-7-8-19(24(18)14-12-21-15)20(26)22-11-9-16-10-13-25(23-16)17-5-3-2-4-6-17/h2-8,10,13,15,21H,9,11-12,14H2,1H3,(H,22,26). The number of aromatic nitrogens is 3. The molecule has 2 N–H and O–H groups in total. The predicted molar refractivity (Wildman–Crippen MR) is 100 cm³/mol. The molecule has 26 heavy (non-hydrogen) atoms. The molecule has 3 aromatic rings. The van der Waals surface area contributed by atoms with Crippen LogP contribution in [-0.4, -0.2) is 33.3 Å². The maximum atomic E-state index is 12.5. The number of fused-ring (bicyclic) bond motifs is 1. The third kappa shape index (κ3) is 3.28. The quantitative estimate of drug-likeness (QED) is 0.743. The highest BCUT2D eigenvalue weighted by Crippen LogP contribution is 2.20. The van der Waals surface area contributed by atoms with Crippen molar-refractivity contribution in [2.24, 2.45) is 0 Å². The number of carbonyl (C=O) groups excluding carboxylic acids is 1. The van der Waals surface area contributed by atoms with Crippen LogP contribution in [0.25, 0.3) is 5.69 Å². The molecule has 3 heterocycles. The van der Waals surface area contributed by atoms with Crippen molar-refractivity contribution in [1.82, 2.24) is 25.0 Å². The van der Waals surface area contributed by atoms with E-state index in [2.05, 4.69) is 27.2 Å². The number of nitrogens with zero attached hydrogens (tertiary/aromatic N) is 3. The highest BCUT2D eigenvalue weighted by atomic mass is 16.1. The lowest BCUT2D eigenvalue weighted by molar-refractivity contribution is 0.0943. The Hall–Kier alpha value is -2.86. The average molecular weight is 349 g/mol. The molecule has 0 aliphatic carbocycles. The van der Waals surface area contributed by atoms with Crippen molar-refractivity contribution in [3.8, 4) is 5.69 Å². The van der Waals surface area contributed by atoms with Crippen LogP contribution >= 0.6 is 0 Å². The van der Waals surface area contributed by atoms with E-state index in [1.165, 1.54) is 5.69 Å². The minimum Gasteiger partial charge on any atom is -0.350 e. The zero-order valence-corrected chi connectivity index (χ0v) is 14.9. The number of rotatable bonds is 5. The molecule has 6 nitrogen and oxygen atoms in total. The molecule has 1 aliphatic heterocycles. The van der Waals surface area contributed by atoms with Crippen molar-refractivity contribution in [2.45, 2.75) is 25.9 Å². The molecular formula is C20H23N5O. The summed E-state index contributed by atoms with van der Waals surface area (Å²) in [5.74, 6) is -0.0205. The molecule has 1 atom stereocenters. The zero-order valence-electron chi connectivity index (χ0n) is 14.9. The summed E-state index contributed by atoms with van der Waals surface area (Å²) in [4.78, 5) is 12.5. The summed E-state index contributed by atoms with van der Waals surface area (Å²) in [5.41, 5.74) is 3.90. The number of amides is 1. The van der Waals surface area contributed by atoms with Crippen molar-refractivity contribution in [3.05, 3.63) is 71.8 Å². The molecule has 0 saturated heterocycles. The van der Waals surface area contributed by atoms with Gasteiger partial charge in [0.1, 0.15) is 5.69 Å². The fourth-order valence-electron chi connectivity index (χ4n) is 3.42. The van der Waals surface area contributed by atoms with Gasteiger partial charge in [0, 0.05) is 44.0 Å². The van der Waals surface area contributed by atoms with E-state index in [0.717, 1.165) is 30.2 Å². The average Bonchev–Trinajstić information content (AvgIpc) is 3.30. The molecule has 0 spiro atoms. The van der Waals surface area contributed by atoms with Gasteiger partial charge >= 0.3 is 0 Å².